The summed E-state index contributed by atoms with van der Waals surface area (Å²) in [5, 5.41) is 2.87. The maximum atomic E-state index is 12.2. The minimum atomic E-state index is -0.0737. The van der Waals surface area contributed by atoms with Crippen molar-refractivity contribution >= 4 is 29.3 Å². The third-order valence-corrected chi connectivity index (χ3v) is 5.60. The monoisotopic (exact) mass is 333 g/mol. The van der Waals surface area contributed by atoms with Gasteiger partial charge in [0.1, 0.15) is 5.37 Å². The number of anilines is 1. The Hall–Kier alpha value is -1.53. The van der Waals surface area contributed by atoms with Crippen LogP contribution in [-0.2, 0) is 9.59 Å². The van der Waals surface area contributed by atoms with Crippen molar-refractivity contribution in [3.8, 4) is 0 Å². The number of carbonyl (C=O) groups excluding carboxylic acids is 2. The minimum absolute atomic E-state index is 0.0737. The van der Waals surface area contributed by atoms with E-state index in [9.17, 15) is 9.59 Å². The molecule has 2 heterocycles. The van der Waals surface area contributed by atoms with E-state index in [-0.39, 0.29) is 17.2 Å². The van der Waals surface area contributed by atoms with Crippen molar-refractivity contribution < 1.29 is 9.59 Å². The molecule has 1 aromatic rings. The smallest absolute Gasteiger partial charge is 0.233 e. The van der Waals surface area contributed by atoms with Gasteiger partial charge in [0.2, 0.25) is 11.8 Å². The maximum Gasteiger partial charge on any atom is 0.233 e. The highest BCUT2D eigenvalue weighted by Gasteiger charge is 2.32. The lowest BCUT2D eigenvalue weighted by Gasteiger charge is -2.26. The third-order valence-electron chi connectivity index (χ3n) is 4.34. The summed E-state index contributed by atoms with van der Waals surface area (Å²) < 4.78 is 0. The second-order valence-corrected chi connectivity index (χ2v) is 7.17. The average molecular weight is 333 g/mol. The van der Waals surface area contributed by atoms with Crippen LogP contribution in [0.5, 0.6) is 0 Å². The molecule has 23 heavy (non-hydrogen) atoms. The molecule has 2 aliphatic rings. The van der Waals surface area contributed by atoms with Crippen LogP contribution in [0.25, 0.3) is 0 Å². The van der Waals surface area contributed by atoms with Crippen molar-refractivity contribution in [3.63, 3.8) is 0 Å². The standard InChI is InChI=1S/C17H23N3O2S/c1-13(21)18-15-6-4-14(5-7-15)17-20(16(22)12-23-17)11-10-19-8-2-3-9-19/h4-7,17H,2-3,8-12H2,1H3,(H,18,21). The Morgan fingerprint density at radius 2 is 1.91 bits per heavy atom. The molecule has 5 nitrogen and oxygen atoms in total. The summed E-state index contributed by atoms with van der Waals surface area (Å²) in [5.74, 6) is 0.707. The lowest BCUT2D eigenvalue weighted by Crippen LogP contribution is -2.36. The van der Waals surface area contributed by atoms with Gasteiger partial charge in [-0.25, -0.2) is 0 Å². The van der Waals surface area contributed by atoms with E-state index >= 15 is 0 Å². The predicted molar refractivity (Wildman–Crippen MR) is 93.3 cm³/mol. The molecule has 1 N–H and O–H groups in total. The van der Waals surface area contributed by atoms with Crippen LogP contribution in [0.3, 0.4) is 0 Å². The molecule has 6 heteroatoms. The van der Waals surface area contributed by atoms with Gasteiger partial charge in [-0.1, -0.05) is 12.1 Å². The fourth-order valence-electron chi connectivity index (χ4n) is 3.16. The van der Waals surface area contributed by atoms with Gasteiger partial charge in [0.25, 0.3) is 0 Å². The molecule has 0 aromatic heterocycles. The van der Waals surface area contributed by atoms with Crippen molar-refractivity contribution in [1.82, 2.24) is 9.80 Å². The van der Waals surface area contributed by atoms with E-state index in [1.165, 1.54) is 19.8 Å². The van der Waals surface area contributed by atoms with Gasteiger partial charge in [-0.3, -0.25) is 9.59 Å². The molecule has 0 aliphatic carbocycles. The number of amides is 2. The van der Waals surface area contributed by atoms with Crippen LogP contribution in [0.1, 0.15) is 30.7 Å². The van der Waals surface area contributed by atoms with Gasteiger partial charge in [0, 0.05) is 25.7 Å². The van der Waals surface area contributed by atoms with E-state index in [2.05, 4.69) is 10.2 Å². The molecule has 0 spiro atoms. The number of hydrogen-bond donors (Lipinski definition) is 1. The van der Waals surface area contributed by atoms with E-state index in [1.54, 1.807) is 11.8 Å². The first-order valence-electron chi connectivity index (χ1n) is 8.14. The molecular formula is C17H23N3O2S. The minimum Gasteiger partial charge on any atom is -0.326 e. The third kappa shape index (κ3) is 4.06. The van der Waals surface area contributed by atoms with E-state index in [0.717, 1.165) is 37.4 Å². The Bertz CT molecular complexity index is 570. The summed E-state index contributed by atoms with van der Waals surface area (Å²) >= 11 is 1.68. The number of nitrogens with zero attached hydrogens (tertiary/aromatic N) is 2. The molecule has 0 radical (unpaired) electrons. The highest BCUT2D eigenvalue weighted by molar-refractivity contribution is 8.00. The van der Waals surface area contributed by atoms with Gasteiger partial charge in [-0.2, -0.15) is 0 Å². The average Bonchev–Trinajstić information content (AvgIpc) is 3.15. The number of benzene rings is 1. The Kier molecular flexibility index (Phi) is 5.23. The summed E-state index contributed by atoms with van der Waals surface area (Å²) in [6, 6.07) is 7.81. The molecule has 2 aliphatic heterocycles. The molecule has 124 valence electrons. The van der Waals surface area contributed by atoms with Crippen molar-refractivity contribution in [2.45, 2.75) is 25.1 Å². The van der Waals surface area contributed by atoms with Crippen LogP contribution in [-0.4, -0.2) is 53.5 Å². The first-order valence-corrected chi connectivity index (χ1v) is 9.19. The zero-order valence-corrected chi connectivity index (χ0v) is 14.3. The second kappa shape index (κ2) is 7.36. The van der Waals surface area contributed by atoms with E-state index < -0.39 is 0 Å². The molecule has 2 amide bonds. The van der Waals surface area contributed by atoms with Crippen molar-refractivity contribution in [2.24, 2.45) is 0 Å². The summed E-state index contributed by atoms with van der Waals surface area (Å²) in [4.78, 5) is 27.7. The van der Waals surface area contributed by atoms with Crippen LogP contribution >= 0.6 is 11.8 Å². The number of carbonyl (C=O) groups is 2. The van der Waals surface area contributed by atoms with Gasteiger partial charge >= 0.3 is 0 Å². The zero-order valence-electron chi connectivity index (χ0n) is 13.5. The molecular weight excluding hydrogens is 310 g/mol. The van der Waals surface area contributed by atoms with Crippen LogP contribution in [0.4, 0.5) is 5.69 Å². The summed E-state index contributed by atoms with van der Waals surface area (Å²) in [6.07, 6.45) is 2.55. The van der Waals surface area contributed by atoms with E-state index in [0.29, 0.717) is 5.75 Å². The first-order chi connectivity index (χ1) is 11.1. The van der Waals surface area contributed by atoms with Crippen LogP contribution in [0.2, 0.25) is 0 Å². The number of hydrogen-bond acceptors (Lipinski definition) is 4. The topological polar surface area (TPSA) is 52.7 Å². The van der Waals surface area contributed by atoms with Crippen LogP contribution in [0.15, 0.2) is 24.3 Å². The molecule has 0 saturated carbocycles. The Labute approximate surface area is 141 Å². The van der Waals surface area contributed by atoms with E-state index in [4.69, 9.17) is 0 Å². The summed E-state index contributed by atoms with van der Waals surface area (Å²) in [7, 11) is 0. The lowest BCUT2D eigenvalue weighted by molar-refractivity contribution is -0.128. The second-order valence-electron chi connectivity index (χ2n) is 6.10. The number of rotatable bonds is 5. The molecule has 0 bridgehead atoms. The van der Waals surface area contributed by atoms with Crippen LogP contribution < -0.4 is 5.32 Å². The van der Waals surface area contributed by atoms with Gasteiger partial charge in [-0.05, 0) is 43.6 Å². The Balaban J connectivity index is 1.64. The largest absolute Gasteiger partial charge is 0.326 e. The molecule has 1 atom stereocenters. The van der Waals surface area contributed by atoms with Gasteiger partial charge < -0.3 is 15.1 Å². The SMILES string of the molecule is CC(=O)Nc1ccc(C2SCC(=O)N2CCN2CCCC2)cc1. The maximum absolute atomic E-state index is 12.2. The van der Waals surface area contributed by atoms with Crippen molar-refractivity contribution in [3.05, 3.63) is 29.8 Å². The zero-order chi connectivity index (χ0) is 16.2. The van der Waals surface area contributed by atoms with Crippen molar-refractivity contribution in [1.29, 1.82) is 0 Å². The lowest BCUT2D eigenvalue weighted by atomic mass is 10.2. The Morgan fingerprint density at radius 1 is 1.22 bits per heavy atom. The Morgan fingerprint density at radius 3 is 2.57 bits per heavy atom. The highest BCUT2D eigenvalue weighted by atomic mass is 32.2. The first kappa shape index (κ1) is 16.3. The molecule has 1 unspecified atom stereocenters. The quantitative estimate of drug-likeness (QED) is 0.898. The molecule has 2 saturated heterocycles. The van der Waals surface area contributed by atoms with Crippen molar-refractivity contribution in [2.75, 3.05) is 37.2 Å². The van der Waals surface area contributed by atoms with Crippen LogP contribution in [0, 0.1) is 0 Å². The predicted octanol–water partition coefficient (Wildman–Crippen LogP) is 2.31. The number of nitrogens with one attached hydrogen (secondary N) is 1. The molecule has 1 aromatic carbocycles. The molecule has 2 fully saturated rings. The van der Waals surface area contributed by atoms with Gasteiger partial charge in [-0.15, -0.1) is 11.8 Å². The van der Waals surface area contributed by atoms with E-state index in [1.807, 2.05) is 29.2 Å². The fraction of sp³-hybridized carbons (Fsp3) is 0.529. The normalized spacial score (nSPS) is 21.9. The summed E-state index contributed by atoms with van der Waals surface area (Å²) in [5.41, 5.74) is 1.91. The molecule has 3 rings (SSSR count). The number of likely N-dealkylation sites (tertiary alicyclic amines) is 1. The summed E-state index contributed by atoms with van der Waals surface area (Å²) in [6.45, 7) is 5.58. The van der Waals surface area contributed by atoms with Gasteiger partial charge in [0.05, 0.1) is 5.75 Å². The van der Waals surface area contributed by atoms with Gasteiger partial charge in [0.15, 0.2) is 0 Å². The fourth-order valence-corrected chi connectivity index (χ4v) is 4.38. The number of thioether (sulfide) groups is 1. The highest BCUT2D eigenvalue weighted by Crippen LogP contribution is 2.38.